The number of amides is 2. The molecule has 3 N–H and O–H groups in total. The van der Waals surface area contributed by atoms with Gasteiger partial charge in [-0.25, -0.2) is 0 Å². The van der Waals surface area contributed by atoms with E-state index in [1.807, 2.05) is 0 Å². The smallest absolute Gasteiger partial charge is 0.291 e. The topological polar surface area (TPSA) is 143 Å². The van der Waals surface area contributed by atoms with Crippen LogP contribution < -0.4 is 15.4 Å². The second-order valence-electron chi connectivity index (χ2n) is 7.49. The van der Waals surface area contributed by atoms with E-state index in [0.29, 0.717) is 17.1 Å². The average molecular weight is 464 g/mol. The van der Waals surface area contributed by atoms with Gasteiger partial charge in [0.15, 0.2) is 0 Å². The van der Waals surface area contributed by atoms with E-state index < -0.39 is 21.3 Å². The van der Waals surface area contributed by atoms with Gasteiger partial charge in [0.2, 0.25) is 11.0 Å². The molecular formula is C19H21N5O5S2. The maximum absolute atomic E-state index is 12.8. The highest BCUT2D eigenvalue weighted by molar-refractivity contribution is 7.94. The van der Waals surface area contributed by atoms with Crippen LogP contribution >= 0.6 is 11.3 Å². The first-order valence-electron chi connectivity index (χ1n) is 9.13. The minimum absolute atomic E-state index is 0.0600. The molecule has 0 saturated carbocycles. The van der Waals surface area contributed by atoms with E-state index in [1.165, 1.54) is 18.4 Å². The maximum atomic E-state index is 12.8. The number of benzene rings is 1. The van der Waals surface area contributed by atoms with Crippen LogP contribution in [0.2, 0.25) is 0 Å². The standard InChI is InChI=1S/C19H21N5O5S2/c1-19(2,3)16(26)21-17-22-23-18(30-17)31(27,28)24-14-9-5-4-8-13(14)15(25)20-11-12-7-6-10-29-12/h4-10,24H,11H2,1-3H3,(H,20,25)(H,21,22,26). The van der Waals surface area contributed by atoms with Crippen LogP contribution in [-0.2, 0) is 21.4 Å². The molecule has 0 saturated heterocycles. The molecule has 2 heterocycles. The zero-order valence-corrected chi connectivity index (χ0v) is 18.6. The first-order valence-corrected chi connectivity index (χ1v) is 11.4. The Morgan fingerprint density at radius 3 is 2.52 bits per heavy atom. The Bertz CT molecular complexity index is 1180. The number of furan rings is 1. The monoisotopic (exact) mass is 463 g/mol. The largest absolute Gasteiger partial charge is 0.467 e. The van der Waals surface area contributed by atoms with Crippen molar-refractivity contribution < 1.29 is 22.4 Å². The highest BCUT2D eigenvalue weighted by atomic mass is 32.2. The van der Waals surface area contributed by atoms with Crippen molar-refractivity contribution in [2.75, 3.05) is 10.0 Å². The molecule has 2 amide bonds. The normalized spacial score (nSPS) is 11.7. The summed E-state index contributed by atoms with van der Waals surface area (Å²) in [5.41, 5.74) is -0.469. The average Bonchev–Trinajstić information content (AvgIpc) is 3.38. The van der Waals surface area contributed by atoms with Gasteiger partial charge in [-0.15, -0.1) is 10.2 Å². The van der Waals surface area contributed by atoms with Crippen LogP contribution in [0.15, 0.2) is 51.4 Å². The van der Waals surface area contributed by atoms with Crippen LogP contribution in [0, 0.1) is 5.41 Å². The quantitative estimate of drug-likeness (QED) is 0.457. The fraction of sp³-hybridized carbons (Fsp3) is 0.263. The summed E-state index contributed by atoms with van der Waals surface area (Å²) in [5, 5.41) is 12.6. The predicted octanol–water partition coefficient (Wildman–Crippen LogP) is 2.85. The third kappa shape index (κ3) is 5.67. The number of nitrogens with zero attached hydrogens (tertiary/aromatic N) is 2. The van der Waals surface area contributed by atoms with E-state index in [9.17, 15) is 18.0 Å². The Kier molecular flexibility index (Phi) is 6.41. The molecule has 0 aliphatic heterocycles. The summed E-state index contributed by atoms with van der Waals surface area (Å²) in [4.78, 5) is 24.6. The lowest BCUT2D eigenvalue weighted by Gasteiger charge is -2.15. The van der Waals surface area contributed by atoms with Gasteiger partial charge in [0, 0.05) is 5.41 Å². The first-order chi connectivity index (χ1) is 14.6. The van der Waals surface area contributed by atoms with Crippen molar-refractivity contribution in [2.24, 2.45) is 5.41 Å². The Morgan fingerprint density at radius 2 is 1.84 bits per heavy atom. The number of nitrogens with one attached hydrogen (secondary N) is 3. The summed E-state index contributed by atoms with van der Waals surface area (Å²) in [6.07, 6.45) is 1.49. The lowest BCUT2D eigenvalue weighted by Crippen LogP contribution is -2.27. The Labute approximate surface area is 183 Å². The van der Waals surface area contributed by atoms with E-state index in [-0.39, 0.29) is 33.2 Å². The Hall–Kier alpha value is -3.25. The number of carbonyl (C=O) groups is 2. The van der Waals surface area contributed by atoms with Gasteiger partial charge in [-0.1, -0.05) is 44.2 Å². The highest BCUT2D eigenvalue weighted by Crippen LogP contribution is 2.26. The van der Waals surface area contributed by atoms with Gasteiger partial charge in [-0.05, 0) is 24.3 Å². The molecule has 1 aromatic carbocycles. The van der Waals surface area contributed by atoms with E-state index in [0.717, 1.165) is 0 Å². The van der Waals surface area contributed by atoms with Crippen LogP contribution in [-0.4, -0.2) is 30.4 Å². The number of anilines is 2. The minimum atomic E-state index is -4.13. The van der Waals surface area contributed by atoms with E-state index in [2.05, 4.69) is 25.6 Å². The summed E-state index contributed by atoms with van der Waals surface area (Å²) in [6, 6.07) is 9.57. The molecule has 12 heteroatoms. The second-order valence-corrected chi connectivity index (χ2v) is 10.3. The van der Waals surface area contributed by atoms with Gasteiger partial charge in [0.25, 0.3) is 20.3 Å². The second kappa shape index (κ2) is 8.86. The molecule has 0 spiro atoms. The molecule has 0 aliphatic carbocycles. The Balaban J connectivity index is 1.75. The van der Waals surface area contributed by atoms with E-state index >= 15 is 0 Å². The molecule has 31 heavy (non-hydrogen) atoms. The van der Waals surface area contributed by atoms with Gasteiger partial charge in [0.1, 0.15) is 5.76 Å². The number of rotatable bonds is 7. The molecule has 164 valence electrons. The summed E-state index contributed by atoms with van der Waals surface area (Å²) < 4.78 is 32.7. The summed E-state index contributed by atoms with van der Waals surface area (Å²) in [5.74, 6) is -0.241. The van der Waals surface area contributed by atoms with E-state index in [4.69, 9.17) is 4.42 Å². The van der Waals surface area contributed by atoms with Crippen molar-refractivity contribution in [3.8, 4) is 0 Å². The van der Waals surface area contributed by atoms with Crippen molar-refractivity contribution in [1.29, 1.82) is 0 Å². The van der Waals surface area contributed by atoms with Crippen LogP contribution in [0.4, 0.5) is 10.8 Å². The van der Waals surface area contributed by atoms with Crippen molar-refractivity contribution in [3.63, 3.8) is 0 Å². The third-order valence-electron chi connectivity index (χ3n) is 3.96. The third-order valence-corrected chi connectivity index (χ3v) is 6.53. The minimum Gasteiger partial charge on any atom is -0.467 e. The molecule has 0 aliphatic rings. The zero-order valence-electron chi connectivity index (χ0n) is 17.0. The predicted molar refractivity (Wildman–Crippen MR) is 115 cm³/mol. The SMILES string of the molecule is CC(C)(C)C(=O)Nc1nnc(S(=O)(=O)Nc2ccccc2C(=O)NCc2ccco2)s1. The Morgan fingerprint density at radius 1 is 1.10 bits per heavy atom. The van der Waals surface area contributed by atoms with Gasteiger partial charge in [-0.3, -0.25) is 14.3 Å². The summed E-state index contributed by atoms with van der Waals surface area (Å²) >= 11 is 0.709. The molecule has 3 rings (SSSR count). The van der Waals surface area contributed by atoms with Gasteiger partial charge in [0.05, 0.1) is 24.1 Å². The molecule has 0 radical (unpaired) electrons. The van der Waals surface area contributed by atoms with Gasteiger partial charge >= 0.3 is 0 Å². The van der Waals surface area contributed by atoms with Crippen LogP contribution in [0.25, 0.3) is 0 Å². The number of aromatic nitrogens is 2. The maximum Gasteiger partial charge on any atom is 0.291 e. The molecule has 0 bridgehead atoms. The fourth-order valence-corrected chi connectivity index (χ4v) is 4.26. The molecule has 3 aromatic rings. The van der Waals surface area contributed by atoms with Crippen molar-refractivity contribution in [3.05, 3.63) is 54.0 Å². The lowest BCUT2D eigenvalue weighted by molar-refractivity contribution is -0.123. The van der Waals surface area contributed by atoms with Gasteiger partial charge < -0.3 is 15.1 Å². The fourth-order valence-electron chi connectivity index (χ4n) is 2.29. The van der Waals surface area contributed by atoms with Crippen molar-refractivity contribution in [2.45, 2.75) is 31.7 Å². The van der Waals surface area contributed by atoms with Crippen LogP contribution in [0.5, 0.6) is 0 Å². The number of sulfonamides is 1. The molecular weight excluding hydrogens is 442 g/mol. The molecule has 0 atom stereocenters. The summed E-state index contributed by atoms with van der Waals surface area (Å²) in [7, 11) is -4.13. The lowest BCUT2D eigenvalue weighted by atomic mass is 9.96. The highest BCUT2D eigenvalue weighted by Gasteiger charge is 2.26. The molecule has 0 unspecified atom stereocenters. The number of hydrogen-bond donors (Lipinski definition) is 3. The van der Waals surface area contributed by atoms with Crippen molar-refractivity contribution in [1.82, 2.24) is 15.5 Å². The van der Waals surface area contributed by atoms with Crippen LogP contribution in [0.1, 0.15) is 36.9 Å². The zero-order chi connectivity index (χ0) is 22.6. The van der Waals surface area contributed by atoms with E-state index in [1.54, 1.807) is 45.0 Å². The summed E-state index contributed by atoms with van der Waals surface area (Å²) in [6.45, 7) is 5.31. The number of hydrogen-bond acceptors (Lipinski definition) is 8. The first kappa shape index (κ1) is 22.4. The number of para-hydroxylation sites is 1. The van der Waals surface area contributed by atoms with Crippen LogP contribution in [0.3, 0.4) is 0 Å². The van der Waals surface area contributed by atoms with Crippen molar-refractivity contribution >= 4 is 44.0 Å². The molecule has 0 fully saturated rings. The van der Waals surface area contributed by atoms with Gasteiger partial charge in [-0.2, -0.15) is 8.42 Å². The number of carbonyl (C=O) groups excluding carboxylic acids is 2. The molecule has 10 nitrogen and oxygen atoms in total. The molecule has 2 aromatic heterocycles.